The fourth-order valence-corrected chi connectivity index (χ4v) is 3.33. The molecule has 1 unspecified atom stereocenters. The minimum absolute atomic E-state index is 0.0904. The van der Waals surface area contributed by atoms with Crippen molar-refractivity contribution < 1.29 is 19.4 Å². The maximum atomic E-state index is 12.8. The highest BCUT2D eigenvalue weighted by molar-refractivity contribution is 6.41. The van der Waals surface area contributed by atoms with Gasteiger partial charge in [-0.2, -0.15) is 0 Å². The highest BCUT2D eigenvalue weighted by Gasteiger charge is 2.51. The molecule has 0 bridgehead atoms. The minimum Gasteiger partial charge on any atom is -0.477 e. The molecule has 0 saturated heterocycles. The second-order valence-electron chi connectivity index (χ2n) is 5.88. The molecule has 1 rings (SSSR count). The number of carbonyl (C=O) groups is 2. The molecule has 0 heterocycles. The second-order valence-corrected chi connectivity index (χ2v) is 6.73. The Morgan fingerprint density at radius 2 is 1.96 bits per heavy atom. The van der Waals surface area contributed by atoms with Gasteiger partial charge in [0.05, 0.1) is 6.61 Å². The zero-order valence-corrected chi connectivity index (χ0v) is 16.1. The van der Waals surface area contributed by atoms with Gasteiger partial charge in [0.25, 0.3) is 0 Å². The molecule has 0 radical (unpaired) electrons. The Kier molecular flexibility index (Phi) is 7.90. The lowest BCUT2D eigenvalue weighted by molar-refractivity contribution is -0.154. The zero-order valence-electron chi connectivity index (χ0n) is 14.6. The number of rotatable bonds is 9. The van der Waals surface area contributed by atoms with Gasteiger partial charge >= 0.3 is 11.9 Å². The smallest absolute Gasteiger partial charge is 0.350 e. The van der Waals surface area contributed by atoms with E-state index in [9.17, 15) is 14.7 Å². The molecule has 1 aromatic rings. The number of carbonyl (C=O) groups excluding carboxylic acids is 1. The lowest BCUT2D eigenvalue weighted by Gasteiger charge is -2.35. The van der Waals surface area contributed by atoms with Crippen molar-refractivity contribution in [1.29, 1.82) is 5.41 Å². The third-order valence-corrected chi connectivity index (χ3v) is 5.06. The number of carboxylic acids is 1. The predicted molar refractivity (Wildman–Crippen MR) is 98.8 cm³/mol. The molecule has 25 heavy (non-hydrogen) atoms. The summed E-state index contributed by atoms with van der Waals surface area (Å²) in [4.78, 5) is 24.4. The van der Waals surface area contributed by atoms with Crippen LogP contribution >= 0.6 is 23.2 Å². The molecule has 138 valence electrons. The zero-order chi connectivity index (χ0) is 19.2. The molecule has 0 spiro atoms. The molecule has 7 heteroatoms. The first-order valence-corrected chi connectivity index (χ1v) is 8.92. The van der Waals surface area contributed by atoms with Crippen molar-refractivity contribution in [3.8, 4) is 0 Å². The second kappa shape index (κ2) is 9.20. The lowest BCUT2D eigenvalue weighted by atomic mass is 9.67. The number of hydrogen-bond donors (Lipinski definition) is 2. The number of hydrogen-bond acceptors (Lipinski definition) is 4. The van der Waals surface area contributed by atoms with Crippen LogP contribution in [-0.4, -0.2) is 29.4 Å². The summed E-state index contributed by atoms with van der Waals surface area (Å²) in [5.74, 6) is -2.87. The van der Waals surface area contributed by atoms with E-state index < -0.39 is 29.0 Å². The molecular weight excluding hydrogens is 365 g/mol. The van der Waals surface area contributed by atoms with Crippen molar-refractivity contribution in [3.63, 3.8) is 0 Å². The third kappa shape index (κ3) is 4.53. The lowest BCUT2D eigenvalue weighted by Crippen LogP contribution is -2.47. The van der Waals surface area contributed by atoms with Gasteiger partial charge in [0, 0.05) is 16.0 Å². The summed E-state index contributed by atoms with van der Waals surface area (Å²) < 4.78 is 5.30. The summed E-state index contributed by atoms with van der Waals surface area (Å²) >= 11 is 12.3. The van der Waals surface area contributed by atoms with E-state index in [0.717, 1.165) is 6.42 Å². The summed E-state index contributed by atoms with van der Waals surface area (Å²) in [6, 6.07) is 4.78. The van der Waals surface area contributed by atoms with Gasteiger partial charge in [0.15, 0.2) is 0 Å². The van der Waals surface area contributed by atoms with Crippen LogP contribution in [0.3, 0.4) is 0 Å². The molecule has 0 amide bonds. The van der Waals surface area contributed by atoms with E-state index in [2.05, 4.69) is 0 Å². The Bertz CT molecular complexity index is 662. The number of nitrogens with one attached hydrogen (secondary N) is 1. The maximum Gasteiger partial charge on any atom is 0.350 e. The van der Waals surface area contributed by atoms with Gasteiger partial charge in [-0.1, -0.05) is 50.4 Å². The largest absolute Gasteiger partial charge is 0.477 e. The van der Waals surface area contributed by atoms with Crippen LogP contribution in [0.4, 0.5) is 0 Å². The topological polar surface area (TPSA) is 87.5 Å². The molecule has 0 fully saturated rings. The van der Waals surface area contributed by atoms with Crippen LogP contribution < -0.4 is 0 Å². The summed E-state index contributed by atoms with van der Waals surface area (Å²) in [6.07, 6.45) is 1.59. The van der Waals surface area contributed by atoms with Crippen LogP contribution in [0, 0.1) is 10.8 Å². The van der Waals surface area contributed by atoms with Crippen LogP contribution in [0.2, 0.25) is 10.0 Å². The van der Waals surface area contributed by atoms with Crippen LogP contribution in [0.15, 0.2) is 18.2 Å². The fourth-order valence-electron chi connectivity index (χ4n) is 2.86. The van der Waals surface area contributed by atoms with E-state index >= 15 is 0 Å². The first kappa shape index (κ1) is 21.5. The monoisotopic (exact) mass is 387 g/mol. The summed E-state index contributed by atoms with van der Waals surface area (Å²) in [7, 11) is 0. The van der Waals surface area contributed by atoms with Crippen molar-refractivity contribution >= 4 is 40.9 Å². The predicted octanol–water partition coefficient (Wildman–Crippen LogP) is 4.94. The van der Waals surface area contributed by atoms with Crippen molar-refractivity contribution in [2.75, 3.05) is 6.61 Å². The van der Waals surface area contributed by atoms with Crippen LogP contribution in [0.5, 0.6) is 0 Å². The first-order valence-electron chi connectivity index (χ1n) is 8.16. The molecule has 0 aliphatic carbocycles. The summed E-state index contributed by atoms with van der Waals surface area (Å²) in [5.41, 5.74) is -1.84. The quantitative estimate of drug-likeness (QED) is 0.356. The van der Waals surface area contributed by atoms with E-state index in [0.29, 0.717) is 22.0 Å². The van der Waals surface area contributed by atoms with E-state index in [1.54, 1.807) is 32.0 Å². The molecular formula is C18H23Cl2NO4. The Labute approximate surface area is 157 Å². The maximum absolute atomic E-state index is 12.8. The highest BCUT2D eigenvalue weighted by Crippen LogP contribution is 2.44. The van der Waals surface area contributed by atoms with E-state index in [4.69, 9.17) is 33.3 Å². The average Bonchev–Trinajstić information content (AvgIpc) is 2.58. The van der Waals surface area contributed by atoms with Gasteiger partial charge < -0.3 is 9.84 Å². The number of halogens is 2. The Morgan fingerprint density at radius 3 is 2.48 bits per heavy atom. The molecule has 0 aromatic heterocycles. The molecule has 5 nitrogen and oxygen atoms in total. The van der Waals surface area contributed by atoms with Crippen LogP contribution in [0.25, 0.3) is 0 Å². The normalized spacial score (nSPS) is 14.4. The standard InChI is InChI=1S/C18H23Cl2NO4/c1-4-6-9-25-17(24)18(5-2,15(21)16(22)23)11(3)13-10-12(19)7-8-14(13)20/h7-8,10-11,21H,4-6,9H2,1-3H3,(H,22,23)/t11-,18?/m0/s1. The Balaban J connectivity index is 3.43. The van der Waals surface area contributed by atoms with E-state index in [1.807, 2.05) is 6.92 Å². The van der Waals surface area contributed by atoms with Crippen LogP contribution in [-0.2, 0) is 14.3 Å². The number of carboxylic acid groups (broad SMARTS) is 1. The molecule has 0 saturated carbocycles. The van der Waals surface area contributed by atoms with Gasteiger partial charge in [0.1, 0.15) is 11.1 Å². The first-order chi connectivity index (χ1) is 11.7. The van der Waals surface area contributed by atoms with Gasteiger partial charge in [-0.3, -0.25) is 10.2 Å². The SMILES string of the molecule is CCCCOC(=O)C(CC)(C(=N)C(=O)O)[C@@H](C)c1cc(Cl)ccc1Cl. The molecule has 1 aromatic carbocycles. The molecule has 0 aliphatic rings. The van der Waals surface area contributed by atoms with Crippen molar-refractivity contribution in [2.45, 2.75) is 46.0 Å². The van der Waals surface area contributed by atoms with Gasteiger partial charge in [-0.25, -0.2) is 4.79 Å². The molecule has 2 N–H and O–H groups in total. The number of esters is 1. The van der Waals surface area contributed by atoms with Gasteiger partial charge in [-0.05, 0) is 36.6 Å². The summed E-state index contributed by atoms with van der Waals surface area (Å²) in [6.45, 7) is 5.46. The Hall–Kier alpha value is -1.59. The number of unbranched alkanes of at least 4 members (excludes halogenated alkanes) is 1. The minimum atomic E-state index is -1.64. The molecule has 0 aliphatic heterocycles. The van der Waals surface area contributed by atoms with Crippen LogP contribution in [0.1, 0.15) is 51.5 Å². The van der Waals surface area contributed by atoms with E-state index in [-0.39, 0.29) is 13.0 Å². The van der Waals surface area contributed by atoms with Gasteiger partial charge in [0.2, 0.25) is 0 Å². The van der Waals surface area contributed by atoms with Gasteiger partial charge in [-0.15, -0.1) is 0 Å². The fraction of sp³-hybridized carbons (Fsp3) is 0.500. The third-order valence-electron chi connectivity index (χ3n) is 4.48. The van der Waals surface area contributed by atoms with E-state index in [1.165, 1.54) is 0 Å². The van der Waals surface area contributed by atoms with Crippen molar-refractivity contribution in [2.24, 2.45) is 5.41 Å². The number of ether oxygens (including phenoxy) is 1. The average molecular weight is 388 g/mol. The number of benzene rings is 1. The summed E-state index contributed by atoms with van der Waals surface area (Å²) in [5, 5.41) is 18.3. The van der Waals surface area contributed by atoms with Crippen molar-refractivity contribution in [1.82, 2.24) is 0 Å². The highest BCUT2D eigenvalue weighted by atomic mass is 35.5. The number of aliphatic carboxylic acids is 1. The van der Waals surface area contributed by atoms with Crippen molar-refractivity contribution in [3.05, 3.63) is 33.8 Å². The Morgan fingerprint density at radius 1 is 1.32 bits per heavy atom. The molecule has 2 atom stereocenters.